The first-order valence-electron chi connectivity index (χ1n) is 9.51. The molecule has 1 N–H and O–H groups in total. The van der Waals surface area contributed by atoms with Gasteiger partial charge in [0.25, 0.3) is 0 Å². The third kappa shape index (κ3) is 7.79. The largest absolute Gasteiger partial charge is 0.496 e. The van der Waals surface area contributed by atoms with Crippen molar-refractivity contribution < 1.29 is 19.0 Å². The number of carbonyl (C=O) groups is 1. The lowest BCUT2D eigenvalue weighted by molar-refractivity contribution is -0.131. The molecule has 0 aliphatic rings. The highest BCUT2D eigenvalue weighted by molar-refractivity contribution is 14.0. The summed E-state index contributed by atoms with van der Waals surface area (Å²) < 4.78 is 16.2. The second kappa shape index (κ2) is 14.1. The quantitative estimate of drug-likeness (QED) is 0.289. The summed E-state index contributed by atoms with van der Waals surface area (Å²) in [4.78, 5) is 20.7. The lowest BCUT2D eigenvalue weighted by Crippen LogP contribution is -2.45. The molecule has 0 fully saturated rings. The fourth-order valence-electron chi connectivity index (χ4n) is 2.80. The summed E-state index contributed by atoms with van der Waals surface area (Å²) in [7, 11) is 6.64. The van der Waals surface area contributed by atoms with Gasteiger partial charge >= 0.3 is 0 Å². The van der Waals surface area contributed by atoms with Gasteiger partial charge in [0.05, 0.1) is 34.4 Å². The molecule has 8 nitrogen and oxygen atoms in total. The van der Waals surface area contributed by atoms with Gasteiger partial charge in [-0.15, -0.1) is 24.0 Å². The minimum Gasteiger partial charge on any atom is -0.496 e. The van der Waals surface area contributed by atoms with Gasteiger partial charge in [-0.2, -0.15) is 0 Å². The number of guanidine groups is 1. The zero-order valence-electron chi connectivity index (χ0n) is 18.6. The van der Waals surface area contributed by atoms with Crippen LogP contribution in [0.25, 0.3) is 0 Å². The molecule has 0 saturated heterocycles. The lowest BCUT2D eigenvalue weighted by Gasteiger charge is -2.25. The van der Waals surface area contributed by atoms with Crippen LogP contribution in [-0.4, -0.2) is 76.2 Å². The van der Waals surface area contributed by atoms with Crippen LogP contribution in [0.1, 0.15) is 26.3 Å². The highest BCUT2D eigenvalue weighted by Gasteiger charge is 2.16. The van der Waals surface area contributed by atoms with Crippen LogP contribution in [0.15, 0.2) is 17.1 Å². The minimum absolute atomic E-state index is 0. The molecule has 29 heavy (non-hydrogen) atoms. The second-order valence-electron chi connectivity index (χ2n) is 6.11. The van der Waals surface area contributed by atoms with Crippen molar-refractivity contribution in [3.63, 3.8) is 0 Å². The highest BCUT2D eigenvalue weighted by Crippen LogP contribution is 2.34. The Morgan fingerprint density at radius 2 is 1.55 bits per heavy atom. The summed E-state index contributed by atoms with van der Waals surface area (Å²) in [5.74, 6) is 2.60. The molecule has 0 heterocycles. The number of ether oxygens (including phenoxy) is 3. The van der Waals surface area contributed by atoms with Crippen molar-refractivity contribution in [1.29, 1.82) is 0 Å². The van der Waals surface area contributed by atoms with Crippen molar-refractivity contribution in [3.05, 3.63) is 17.7 Å². The average molecular weight is 522 g/mol. The SMILES string of the molecule is CCNC(=NCc1cc(OC)c(OC)cc1OC)N(C)CC(=O)N(CC)CC.I. The van der Waals surface area contributed by atoms with Gasteiger partial charge in [-0.1, -0.05) is 0 Å². The van der Waals surface area contributed by atoms with Crippen molar-refractivity contribution >= 4 is 35.8 Å². The van der Waals surface area contributed by atoms with E-state index in [0.717, 1.165) is 5.56 Å². The van der Waals surface area contributed by atoms with Gasteiger partial charge in [-0.05, 0) is 26.8 Å². The molecule has 0 aromatic heterocycles. The van der Waals surface area contributed by atoms with Crippen LogP contribution in [0.2, 0.25) is 0 Å². The molecule has 0 aliphatic heterocycles. The van der Waals surface area contributed by atoms with Gasteiger partial charge in [-0.25, -0.2) is 4.99 Å². The smallest absolute Gasteiger partial charge is 0.242 e. The molecule has 166 valence electrons. The molecule has 0 spiro atoms. The highest BCUT2D eigenvalue weighted by atomic mass is 127. The number of amides is 1. The third-order valence-electron chi connectivity index (χ3n) is 4.37. The van der Waals surface area contributed by atoms with Gasteiger partial charge in [-0.3, -0.25) is 4.79 Å². The van der Waals surface area contributed by atoms with Gasteiger partial charge in [0, 0.05) is 38.3 Å². The van der Waals surface area contributed by atoms with Crippen molar-refractivity contribution in [3.8, 4) is 17.2 Å². The van der Waals surface area contributed by atoms with Crippen molar-refractivity contribution in [2.45, 2.75) is 27.3 Å². The molecular weight excluding hydrogens is 487 g/mol. The van der Waals surface area contributed by atoms with Crippen molar-refractivity contribution in [1.82, 2.24) is 15.1 Å². The number of carbonyl (C=O) groups excluding carboxylic acids is 1. The molecule has 1 amide bonds. The van der Waals surface area contributed by atoms with Gasteiger partial charge in [0.15, 0.2) is 17.5 Å². The van der Waals surface area contributed by atoms with E-state index in [1.807, 2.05) is 38.8 Å². The minimum atomic E-state index is 0. The zero-order chi connectivity index (χ0) is 21.1. The maximum Gasteiger partial charge on any atom is 0.242 e. The molecule has 0 aliphatic carbocycles. The summed E-state index contributed by atoms with van der Waals surface area (Å²) in [6.45, 7) is 8.66. The number of methoxy groups -OCH3 is 3. The molecule has 0 atom stereocenters. The number of nitrogens with one attached hydrogen (secondary N) is 1. The van der Waals surface area contributed by atoms with E-state index in [0.29, 0.717) is 49.4 Å². The maximum absolute atomic E-state index is 12.4. The molecular formula is C20H35IN4O4. The van der Waals surface area contributed by atoms with E-state index in [1.165, 1.54) is 0 Å². The van der Waals surface area contributed by atoms with E-state index in [9.17, 15) is 4.79 Å². The Balaban J connectivity index is 0.00000784. The summed E-state index contributed by atoms with van der Waals surface area (Å²) in [5.41, 5.74) is 0.860. The van der Waals surface area contributed by atoms with Crippen LogP contribution in [0, 0.1) is 0 Å². The molecule has 1 aromatic rings. The van der Waals surface area contributed by atoms with E-state index in [4.69, 9.17) is 14.2 Å². The normalized spacial score (nSPS) is 10.7. The van der Waals surface area contributed by atoms with E-state index < -0.39 is 0 Å². The zero-order valence-corrected chi connectivity index (χ0v) is 20.9. The molecule has 0 unspecified atom stereocenters. The standard InChI is InChI=1S/C20H34N4O4.HI/c1-8-21-20(23(4)14-19(25)24(9-2)10-3)22-13-15-11-17(27-6)18(28-7)12-16(15)26-5;/h11-12H,8-10,13-14H2,1-7H3,(H,21,22);1H. The van der Waals surface area contributed by atoms with Crippen molar-refractivity contribution in [2.75, 3.05) is 54.6 Å². The Bertz CT molecular complexity index is 666. The third-order valence-corrected chi connectivity index (χ3v) is 4.37. The summed E-state index contributed by atoms with van der Waals surface area (Å²) >= 11 is 0. The first-order chi connectivity index (χ1) is 13.4. The number of nitrogens with zero attached hydrogens (tertiary/aromatic N) is 3. The fraction of sp³-hybridized carbons (Fsp3) is 0.600. The molecule has 0 radical (unpaired) electrons. The molecule has 0 bridgehead atoms. The molecule has 0 saturated carbocycles. The number of halogens is 1. The fourth-order valence-corrected chi connectivity index (χ4v) is 2.80. The number of benzene rings is 1. The van der Waals surface area contributed by atoms with Crippen LogP contribution in [-0.2, 0) is 11.3 Å². The monoisotopic (exact) mass is 522 g/mol. The van der Waals surface area contributed by atoms with Gasteiger partial charge < -0.3 is 29.3 Å². The topological polar surface area (TPSA) is 75.6 Å². The van der Waals surface area contributed by atoms with E-state index in [1.54, 1.807) is 32.3 Å². The van der Waals surface area contributed by atoms with Crippen LogP contribution in [0.5, 0.6) is 17.2 Å². The van der Waals surface area contributed by atoms with Crippen LogP contribution < -0.4 is 19.5 Å². The first-order valence-corrected chi connectivity index (χ1v) is 9.51. The number of hydrogen-bond acceptors (Lipinski definition) is 5. The number of likely N-dealkylation sites (N-methyl/N-ethyl adjacent to an activating group) is 2. The summed E-state index contributed by atoms with van der Waals surface area (Å²) in [6, 6.07) is 3.63. The lowest BCUT2D eigenvalue weighted by atomic mass is 10.1. The summed E-state index contributed by atoms with van der Waals surface area (Å²) in [6.07, 6.45) is 0. The second-order valence-corrected chi connectivity index (χ2v) is 6.11. The van der Waals surface area contributed by atoms with E-state index in [2.05, 4.69) is 10.3 Å². The van der Waals surface area contributed by atoms with Crippen molar-refractivity contribution in [2.24, 2.45) is 4.99 Å². The maximum atomic E-state index is 12.4. The number of rotatable bonds is 10. The van der Waals surface area contributed by atoms with Gasteiger partial charge in [0.1, 0.15) is 5.75 Å². The Morgan fingerprint density at radius 3 is 2.03 bits per heavy atom. The number of hydrogen-bond donors (Lipinski definition) is 1. The Labute approximate surface area is 191 Å². The molecule has 1 rings (SSSR count). The van der Waals surface area contributed by atoms with E-state index in [-0.39, 0.29) is 36.4 Å². The Kier molecular flexibility index (Phi) is 13.2. The summed E-state index contributed by atoms with van der Waals surface area (Å²) in [5, 5.41) is 3.23. The average Bonchev–Trinajstić information content (AvgIpc) is 2.71. The van der Waals surface area contributed by atoms with Gasteiger partial charge in [0.2, 0.25) is 5.91 Å². The predicted octanol–water partition coefficient (Wildman–Crippen LogP) is 2.60. The molecule has 1 aromatic carbocycles. The Hall–Kier alpha value is -1.91. The number of aliphatic imine (C=N–C) groups is 1. The predicted molar refractivity (Wildman–Crippen MR) is 127 cm³/mol. The molecule has 9 heteroatoms. The van der Waals surface area contributed by atoms with Crippen LogP contribution in [0.3, 0.4) is 0 Å². The van der Waals surface area contributed by atoms with Crippen LogP contribution >= 0.6 is 24.0 Å². The van der Waals surface area contributed by atoms with Crippen LogP contribution in [0.4, 0.5) is 0 Å². The Morgan fingerprint density at radius 1 is 1.00 bits per heavy atom. The first kappa shape index (κ1) is 27.1. The van der Waals surface area contributed by atoms with E-state index >= 15 is 0 Å².